The lowest BCUT2D eigenvalue weighted by molar-refractivity contribution is 0.103. The van der Waals surface area contributed by atoms with Crippen molar-refractivity contribution in [2.45, 2.75) is 0 Å². The lowest BCUT2D eigenvalue weighted by Crippen LogP contribution is -2.05. The van der Waals surface area contributed by atoms with Gasteiger partial charge < -0.3 is 0 Å². The van der Waals surface area contributed by atoms with Crippen LogP contribution < -0.4 is 0 Å². The number of carbonyl (C=O) groups excluding carboxylic acids is 1. The Kier molecular flexibility index (Phi) is 3.43. The Bertz CT molecular complexity index is 862. The number of aromatic nitrogens is 6. The van der Waals surface area contributed by atoms with E-state index in [-0.39, 0.29) is 5.78 Å². The van der Waals surface area contributed by atoms with Gasteiger partial charge in [-0.05, 0) is 24.3 Å². The van der Waals surface area contributed by atoms with Crippen LogP contribution >= 0.6 is 0 Å². The normalized spacial score (nSPS) is 10.7. The number of imidazole rings is 2. The molecule has 0 radical (unpaired) electrons. The van der Waals surface area contributed by atoms with Crippen LogP contribution in [0.2, 0.25) is 0 Å². The number of pyridine rings is 2. The summed E-state index contributed by atoms with van der Waals surface area (Å²) >= 11 is 0. The van der Waals surface area contributed by atoms with Gasteiger partial charge in [-0.2, -0.15) is 0 Å². The number of ketones is 1. The largest absolute Gasteiger partial charge is 0.291 e. The van der Waals surface area contributed by atoms with E-state index in [0.29, 0.717) is 22.8 Å². The van der Waals surface area contributed by atoms with Crippen molar-refractivity contribution in [2.24, 2.45) is 0 Å². The molecule has 24 heavy (non-hydrogen) atoms. The molecule has 0 aliphatic heterocycles. The molecular weight excluding hydrogens is 304 g/mol. The molecule has 4 aromatic rings. The van der Waals surface area contributed by atoms with Gasteiger partial charge in [0, 0.05) is 48.3 Å². The molecule has 0 unspecified atom stereocenters. The molecule has 0 aromatic carbocycles. The van der Waals surface area contributed by atoms with E-state index in [9.17, 15) is 4.79 Å². The number of carbonyl (C=O) groups is 1. The van der Waals surface area contributed by atoms with Crippen LogP contribution in [0.3, 0.4) is 0 Å². The second-order valence-electron chi connectivity index (χ2n) is 5.08. The van der Waals surface area contributed by atoms with Crippen molar-refractivity contribution in [1.29, 1.82) is 0 Å². The van der Waals surface area contributed by atoms with Gasteiger partial charge in [-0.15, -0.1) is 0 Å². The van der Waals surface area contributed by atoms with E-state index in [4.69, 9.17) is 0 Å². The van der Waals surface area contributed by atoms with Crippen molar-refractivity contribution < 1.29 is 4.79 Å². The van der Waals surface area contributed by atoms with Gasteiger partial charge in [0.2, 0.25) is 0 Å². The maximum Gasteiger partial charge on any atom is 0.196 e. The molecule has 0 aliphatic carbocycles. The van der Waals surface area contributed by atoms with Gasteiger partial charge in [-0.3, -0.25) is 13.9 Å². The first-order valence-corrected chi connectivity index (χ1v) is 7.25. The average molecular weight is 316 g/mol. The molecule has 4 aromatic heterocycles. The zero-order chi connectivity index (χ0) is 16.4. The molecule has 0 aliphatic rings. The third kappa shape index (κ3) is 2.58. The predicted molar refractivity (Wildman–Crippen MR) is 86.2 cm³/mol. The van der Waals surface area contributed by atoms with Crippen LogP contribution in [-0.2, 0) is 0 Å². The maximum atomic E-state index is 12.5. The van der Waals surface area contributed by atoms with Crippen molar-refractivity contribution in [2.75, 3.05) is 0 Å². The summed E-state index contributed by atoms with van der Waals surface area (Å²) in [5.41, 5.74) is 1.02. The zero-order valence-electron chi connectivity index (χ0n) is 12.5. The summed E-state index contributed by atoms with van der Waals surface area (Å²) < 4.78 is 3.55. The number of hydrogen-bond acceptors (Lipinski definition) is 5. The van der Waals surface area contributed by atoms with Crippen LogP contribution in [0.4, 0.5) is 0 Å². The van der Waals surface area contributed by atoms with Crippen molar-refractivity contribution in [3.63, 3.8) is 0 Å². The Labute approximate surface area is 137 Å². The Morgan fingerprint density at radius 1 is 0.750 bits per heavy atom. The summed E-state index contributed by atoms with van der Waals surface area (Å²) in [6, 6.07) is 7.05. The number of rotatable bonds is 4. The third-order valence-electron chi connectivity index (χ3n) is 3.56. The molecule has 116 valence electrons. The summed E-state index contributed by atoms with van der Waals surface area (Å²) in [7, 11) is 0. The summed E-state index contributed by atoms with van der Waals surface area (Å²) in [6.07, 6.45) is 13.4. The van der Waals surface area contributed by atoms with Gasteiger partial charge in [-0.1, -0.05) is 0 Å². The van der Waals surface area contributed by atoms with Gasteiger partial charge in [0.1, 0.15) is 24.3 Å². The van der Waals surface area contributed by atoms with E-state index in [1.165, 1.54) is 0 Å². The minimum Gasteiger partial charge on any atom is -0.291 e. The third-order valence-corrected chi connectivity index (χ3v) is 3.56. The van der Waals surface area contributed by atoms with E-state index in [1.54, 1.807) is 83.2 Å². The first-order valence-electron chi connectivity index (χ1n) is 7.25. The molecule has 0 saturated carbocycles. The molecule has 0 N–H and O–H groups in total. The SMILES string of the molecule is O=C(c1ccc(-n2ccnc2)nc1)c1ccc(-n2ccnc2)nc1. The van der Waals surface area contributed by atoms with Gasteiger partial charge in [0.05, 0.1) is 0 Å². The van der Waals surface area contributed by atoms with E-state index < -0.39 is 0 Å². The Morgan fingerprint density at radius 3 is 1.58 bits per heavy atom. The lowest BCUT2D eigenvalue weighted by atomic mass is 10.1. The molecule has 7 nitrogen and oxygen atoms in total. The summed E-state index contributed by atoms with van der Waals surface area (Å²) in [4.78, 5) is 29.1. The number of nitrogens with zero attached hydrogens (tertiary/aromatic N) is 6. The first kappa shape index (κ1) is 14.0. The summed E-state index contributed by atoms with van der Waals surface area (Å²) in [5.74, 6) is 1.29. The van der Waals surface area contributed by atoms with Crippen LogP contribution in [0, 0.1) is 0 Å². The quantitative estimate of drug-likeness (QED) is 0.539. The molecule has 7 heteroatoms. The van der Waals surface area contributed by atoms with Crippen molar-refractivity contribution in [3.8, 4) is 11.6 Å². The molecule has 0 amide bonds. The van der Waals surface area contributed by atoms with Crippen LogP contribution in [-0.4, -0.2) is 34.9 Å². The topological polar surface area (TPSA) is 78.5 Å². The Morgan fingerprint density at radius 2 is 1.25 bits per heavy atom. The van der Waals surface area contributed by atoms with Crippen LogP contribution in [0.15, 0.2) is 74.1 Å². The second-order valence-corrected chi connectivity index (χ2v) is 5.08. The molecular formula is C17H12N6O. The molecule has 0 saturated heterocycles. The highest BCUT2D eigenvalue weighted by molar-refractivity contribution is 6.08. The minimum absolute atomic E-state index is 0.121. The van der Waals surface area contributed by atoms with E-state index in [0.717, 1.165) is 0 Å². The van der Waals surface area contributed by atoms with Crippen molar-refractivity contribution in [1.82, 2.24) is 29.1 Å². The van der Waals surface area contributed by atoms with Crippen LogP contribution in [0.25, 0.3) is 11.6 Å². The first-order chi connectivity index (χ1) is 11.8. The van der Waals surface area contributed by atoms with Crippen LogP contribution in [0.1, 0.15) is 15.9 Å². The van der Waals surface area contributed by atoms with Gasteiger partial charge in [-0.25, -0.2) is 19.9 Å². The number of hydrogen-bond donors (Lipinski definition) is 0. The van der Waals surface area contributed by atoms with E-state index >= 15 is 0 Å². The molecule has 0 atom stereocenters. The molecule has 0 spiro atoms. The highest BCUT2D eigenvalue weighted by Crippen LogP contribution is 2.12. The van der Waals surface area contributed by atoms with Gasteiger partial charge >= 0.3 is 0 Å². The highest BCUT2D eigenvalue weighted by atomic mass is 16.1. The Hall–Kier alpha value is -3.61. The smallest absolute Gasteiger partial charge is 0.196 e. The fraction of sp³-hybridized carbons (Fsp3) is 0. The molecule has 0 fully saturated rings. The van der Waals surface area contributed by atoms with Crippen molar-refractivity contribution >= 4 is 5.78 Å². The van der Waals surface area contributed by atoms with Crippen LogP contribution in [0.5, 0.6) is 0 Å². The minimum atomic E-state index is -0.121. The van der Waals surface area contributed by atoms with Crippen molar-refractivity contribution in [3.05, 3.63) is 85.2 Å². The second kappa shape index (κ2) is 5.88. The van der Waals surface area contributed by atoms with Gasteiger partial charge in [0.25, 0.3) is 0 Å². The van der Waals surface area contributed by atoms with Gasteiger partial charge in [0.15, 0.2) is 5.78 Å². The highest BCUT2D eigenvalue weighted by Gasteiger charge is 2.11. The Balaban J connectivity index is 1.57. The standard InChI is InChI=1S/C17H12N6O/c24-17(13-1-3-15(20-9-13)22-7-5-18-11-22)14-2-4-16(21-10-14)23-8-6-19-12-23/h1-12H. The summed E-state index contributed by atoms with van der Waals surface area (Å²) in [5, 5.41) is 0. The zero-order valence-corrected chi connectivity index (χ0v) is 12.5. The fourth-order valence-electron chi connectivity index (χ4n) is 2.30. The maximum absolute atomic E-state index is 12.5. The molecule has 4 rings (SSSR count). The molecule has 4 heterocycles. The monoisotopic (exact) mass is 316 g/mol. The fourth-order valence-corrected chi connectivity index (χ4v) is 2.30. The predicted octanol–water partition coefficient (Wildman–Crippen LogP) is 2.08. The lowest BCUT2D eigenvalue weighted by Gasteiger charge is -2.05. The van der Waals surface area contributed by atoms with E-state index in [2.05, 4.69) is 19.9 Å². The summed E-state index contributed by atoms with van der Waals surface area (Å²) in [6.45, 7) is 0. The average Bonchev–Trinajstić information content (AvgIpc) is 3.35. The van der Waals surface area contributed by atoms with E-state index in [1.807, 2.05) is 0 Å². The molecule has 0 bridgehead atoms.